The number of rotatable bonds is 5. The van der Waals surface area contributed by atoms with Crippen molar-refractivity contribution < 1.29 is 14.3 Å². The lowest BCUT2D eigenvalue weighted by Crippen LogP contribution is -2.23. The predicted molar refractivity (Wildman–Crippen MR) is 49.1 cm³/mol. The van der Waals surface area contributed by atoms with Gasteiger partial charge in [-0.15, -0.1) is 0 Å². The molecule has 0 rings (SSSR count). The van der Waals surface area contributed by atoms with Gasteiger partial charge in [0.25, 0.3) is 0 Å². The maximum Gasteiger partial charge on any atom is 0.302 e. The van der Waals surface area contributed by atoms with Crippen LogP contribution < -0.4 is 5.32 Å². The smallest absolute Gasteiger partial charge is 0.302 e. The van der Waals surface area contributed by atoms with E-state index < -0.39 is 0 Å². The number of hydrogen-bond donors (Lipinski definition) is 1. The highest BCUT2D eigenvalue weighted by molar-refractivity contribution is 5.72. The van der Waals surface area contributed by atoms with E-state index in [-0.39, 0.29) is 17.8 Å². The van der Waals surface area contributed by atoms with E-state index in [4.69, 9.17) is 4.74 Å². The molecule has 0 aromatic heterocycles. The van der Waals surface area contributed by atoms with E-state index >= 15 is 0 Å². The monoisotopic (exact) mass is 187 g/mol. The van der Waals surface area contributed by atoms with Crippen LogP contribution in [0.15, 0.2) is 0 Å². The lowest BCUT2D eigenvalue weighted by molar-refractivity contribution is -0.142. The van der Waals surface area contributed by atoms with Crippen molar-refractivity contribution in [2.75, 3.05) is 13.2 Å². The highest BCUT2D eigenvalue weighted by Crippen LogP contribution is 2.00. The third-order valence-electron chi connectivity index (χ3n) is 1.58. The van der Waals surface area contributed by atoms with Gasteiger partial charge in [-0.1, -0.05) is 6.92 Å². The molecule has 0 aromatic rings. The summed E-state index contributed by atoms with van der Waals surface area (Å²) in [6.07, 6.45) is 0.826. The summed E-state index contributed by atoms with van der Waals surface area (Å²) in [5.74, 6) is 0.00168. The van der Waals surface area contributed by atoms with E-state index in [9.17, 15) is 9.59 Å². The fourth-order valence-electron chi connectivity index (χ4n) is 0.838. The van der Waals surface area contributed by atoms with Crippen molar-refractivity contribution in [3.63, 3.8) is 0 Å². The van der Waals surface area contributed by atoms with Crippen LogP contribution in [0, 0.1) is 5.92 Å². The summed E-state index contributed by atoms with van der Waals surface area (Å²) in [5.41, 5.74) is 0. The van der Waals surface area contributed by atoms with E-state index in [2.05, 4.69) is 5.32 Å². The number of ether oxygens (including phenoxy) is 1. The van der Waals surface area contributed by atoms with Crippen LogP contribution in [0.5, 0.6) is 0 Å². The molecule has 0 bridgehead atoms. The molecule has 0 saturated heterocycles. The van der Waals surface area contributed by atoms with E-state index in [1.165, 1.54) is 13.8 Å². The Balaban J connectivity index is 3.35. The van der Waals surface area contributed by atoms with E-state index in [0.29, 0.717) is 13.2 Å². The highest BCUT2D eigenvalue weighted by Gasteiger charge is 2.03. The van der Waals surface area contributed by atoms with Crippen molar-refractivity contribution in [1.82, 2.24) is 5.32 Å². The first-order valence-corrected chi connectivity index (χ1v) is 4.40. The van der Waals surface area contributed by atoms with E-state index in [1.807, 2.05) is 6.92 Å². The van der Waals surface area contributed by atoms with Crippen LogP contribution in [0.4, 0.5) is 0 Å². The van der Waals surface area contributed by atoms with E-state index in [1.54, 1.807) is 0 Å². The lowest BCUT2D eigenvalue weighted by Gasteiger charge is -2.10. The Morgan fingerprint density at radius 2 is 2.00 bits per heavy atom. The Bertz CT molecular complexity index is 180. The maximum absolute atomic E-state index is 10.5. The van der Waals surface area contributed by atoms with Gasteiger partial charge in [-0.3, -0.25) is 9.59 Å². The topological polar surface area (TPSA) is 55.4 Å². The molecule has 0 fully saturated rings. The standard InChI is InChI=1S/C9H17NO3/c1-7(6-13-9(3)12)4-5-10-8(2)11/h7H,4-6H2,1-3H3,(H,10,11). The fourth-order valence-corrected chi connectivity index (χ4v) is 0.838. The summed E-state index contributed by atoms with van der Waals surface area (Å²) in [6, 6.07) is 0. The molecule has 0 saturated carbocycles. The molecular formula is C9H17NO3. The van der Waals surface area contributed by atoms with Crippen molar-refractivity contribution in [3.05, 3.63) is 0 Å². The molecule has 4 heteroatoms. The first-order chi connectivity index (χ1) is 6.02. The molecule has 0 aliphatic rings. The van der Waals surface area contributed by atoms with Crippen LogP contribution in [0.3, 0.4) is 0 Å². The Kier molecular flexibility index (Phi) is 5.93. The van der Waals surface area contributed by atoms with Crippen molar-refractivity contribution >= 4 is 11.9 Å². The van der Waals surface area contributed by atoms with Gasteiger partial charge in [0.05, 0.1) is 6.61 Å². The first-order valence-electron chi connectivity index (χ1n) is 4.40. The zero-order valence-electron chi connectivity index (χ0n) is 8.42. The van der Waals surface area contributed by atoms with Gasteiger partial charge < -0.3 is 10.1 Å². The molecule has 76 valence electrons. The van der Waals surface area contributed by atoms with Gasteiger partial charge in [-0.05, 0) is 12.3 Å². The number of nitrogens with one attached hydrogen (secondary N) is 1. The average Bonchev–Trinajstić information content (AvgIpc) is 2.00. The molecule has 0 aliphatic heterocycles. The second-order valence-electron chi connectivity index (χ2n) is 3.18. The Labute approximate surface area is 78.6 Å². The molecule has 0 aliphatic carbocycles. The Hall–Kier alpha value is -1.06. The minimum Gasteiger partial charge on any atom is -0.466 e. The van der Waals surface area contributed by atoms with Crippen LogP contribution in [-0.4, -0.2) is 25.0 Å². The van der Waals surface area contributed by atoms with Gasteiger partial charge in [0.1, 0.15) is 0 Å². The minimum atomic E-state index is -0.258. The summed E-state index contributed by atoms with van der Waals surface area (Å²) in [6.45, 7) is 5.91. The molecule has 1 unspecified atom stereocenters. The maximum atomic E-state index is 10.5. The summed E-state index contributed by atoms with van der Waals surface area (Å²) >= 11 is 0. The van der Waals surface area contributed by atoms with Gasteiger partial charge >= 0.3 is 5.97 Å². The highest BCUT2D eigenvalue weighted by atomic mass is 16.5. The largest absolute Gasteiger partial charge is 0.466 e. The van der Waals surface area contributed by atoms with Crippen LogP contribution in [0.1, 0.15) is 27.2 Å². The third kappa shape index (κ3) is 8.85. The summed E-state index contributed by atoms with van der Waals surface area (Å²) in [5, 5.41) is 2.68. The number of hydrogen-bond acceptors (Lipinski definition) is 3. The molecule has 13 heavy (non-hydrogen) atoms. The van der Waals surface area contributed by atoms with Crippen molar-refractivity contribution in [2.45, 2.75) is 27.2 Å². The molecule has 0 radical (unpaired) electrons. The second-order valence-corrected chi connectivity index (χ2v) is 3.18. The average molecular weight is 187 g/mol. The molecular weight excluding hydrogens is 170 g/mol. The molecule has 0 aromatic carbocycles. The van der Waals surface area contributed by atoms with E-state index in [0.717, 1.165) is 6.42 Å². The Morgan fingerprint density at radius 3 is 2.46 bits per heavy atom. The zero-order valence-corrected chi connectivity index (χ0v) is 8.42. The number of carbonyl (C=O) groups is 2. The van der Waals surface area contributed by atoms with Gasteiger partial charge in [-0.2, -0.15) is 0 Å². The number of carbonyl (C=O) groups excluding carboxylic acids is 2. The van der Waals surface area contributed by atoms with Gasteiger partial charge in [-0.25, -0.2) is 0 Å². The van der Waals surface area contributed by atoms with Crippen LogP contribution in [-0.2, 0) is 14.3 Å². The van der Waals surface area contributed by atoms with Crippen LogP contribution in [0.2, 0.25) is 0 Å². The molecule has 0 spiro atoms. The lowest BCUT2D eigenvalue weighted by atomic mass is 10.1. The zero-order chi connectivity index (χ0) is 10.3. The Morgan fingerprint density at radius 1 is 1.38 bits per heavy atom. The van der Waals surface area contributed by atoms with Crippen molar-refractivity contribution in [1.29, 1.82) is 0 Å². The summed E-state index contributed by atoms with van der Waals surface area (Å²) in [4.78, 5) is 20.9. The first kappa shape index (κ1) is 11.9. The van der Waals surface area contributed by atoms with Crippen LogP contribution in [0.25, 0.3) is 0 Å². The molecule has 0 heterocycles. The summed E-state index contributed by atoms with van der Waals surface area (Å²) < 4.78 is 4.81. The minimum absolute atomic E-state index is 0.0281. The fraction of sp³-hybridized carbons (Fsp3) is 0.778. The summed E-state index contributed by atoms with van der Waals surface area (Å²) in [7, 11) is 0. The van der Waals surface area contributed by atoms with Crippen molar-refractivity contribution in [2.24, 2.45) is 5.92 Å². The van der Waals surface area contributed by atoms with Crippen LogP contribution >= 0.6 is 0 Å². The SMILES string of the molecule is CC(=O)NCCC(C)COC(C)=O. The third-order valence-corrected chi connectivity index (χ3v) is 1.58. The quantitative estimate of drug-likeness (QED) is 0.645. The van der Waals surface area contributed by atoms with Gasteiger partial charge in [0.2, 0.25) is 5.91 Å². The number of esters is 1. The van der Waals surface area contributed by atoms with Crippen molar-refractivity contribution in [3.8, 4) is 0 Å². The van der Waals surface area contributed by atoms with Gasteiger partial charge in [0, 0.05) is 20.4 Å². The predicted octanol–water partition coefficient (Wildman–Crippen LogP) is 0.712. The molecule has 4 nitrogen and oxygen atoms in total. The molecule has 1 atom stereocenters. The number of amides is 1. The second kappa shape index (κ2) is 6.46. The molecule has 1 N–H and O–H groups in total. The van der Waals surface area contributed by atoms with Gasteiger partial charge in [0.15, 0.2) is 0 Å². The molecule has 1 amide bonds. The normalized spacial score (nSPS) is 11.9.